The van der Waals surface area contributed by atoms with Crippen molar-refractivity contribution in [3.63, 3.8) is 0 Å². The predicted molar refractivity (Wildman–Crippen MR) is 125 cm³/mol. The van der Waals surface area contributed by atoms with Crippen LogP contribution in [-0.4, -0.2) is 20.7 Å². The Hall–Kier alpha value is -3.10. The first-order chi connectivity index (χ1) is 15.1. The molecule has 3 heterocycles. The Bertz CT molecular complexity index is 1260. The molecule has 0 aliphatic carbocycles. The number of furan rings is 1. The molecular formula is C23H21N3O3S2. The molecule has 0 aliphatic rings. The highest BCUT2D eigenvalue weighted by Crippen LogP contribution is 2.32. The molecule has 1 atom stereocenters. The summed E-state index contributed by atoms with van der Waals surface area (Å²) in [5, 5.41) is 3.48. The largest absolute Gasteiger partial charge is 0.467 e. The Labute approximate surface area is 187 Å². The number of carbonyl (C=O) groups is 1. The van der Waals surface area contributed by atoms with Gasteiger partial charge in [-0.05, 0) is 30.7 Å². The molecule has 8 heteroatoms. The van der Waals surface area contributed by atoms with E-state index < -0.39 is 5.25 Å². The number of amides is 1. The van der Waals surface area contributed by atoms with Crippen molar-refractivity contribution in [3.05, 3.63) is 83.6 Å². The van der Waals surface area contributed by atoms with Gasteiger partial charge in [0.15, 0.2) is 5.16 Å². The molecule has 6 nitrogen and oxygen atoms in total. The van der Waals surface area contributed by atoms with E-state index in [-0.39, 0.29) is 11.5 Å². The van der Waals surface area contributed by atoms with Gasteiger partial charge in [0.05, 0.1) is 23.4 Å². The zero-order valence-electron chi connectivity index (χ0n) is 16.9. The minimum absolute atomic E-state index is 0.131. The van der Waals surface area contributed by atoms with Gasteiger partial charge in [-0.15, -0.1) is 17.9 Å². The van der Waals surface area contributed by atoms with Gasteiger partial charge < -0.3 is 9.73 Å². The van der Waals surface area contributed by atoms with Crippen LogP contribution in [0.2, 0.25) is 0 Å². The monoisotopic (exact) mass is 451 g/mol. The average Bonchev–Trinajstić information content (AvgIpc) is 3.45. The van der Waals surface area contributed by atoms with Crippen LogP contribution < -0.4 is 10.9 Å². The molecule has 3 aromatic heterocycles. The maximum absolute atomic E-state index is 13.2. The van der Waals surface area contributed by atoms with Gasteiger partial charge in [-0.1, -0.05) is 48.2 Å². The minimum Gasteiger partial charge on any atom is -0.467 e. The third-order valence-electron chi connectivity index (χ3n) is 4.65. The van der Waals surface area contributed by atoms with Crippen LogP contribution in [0.15, 0.2) is 81.8 Å². The van der Waals surface area contributed by atoms with E-state index in [1.165, 1.54) is 23.1 Å². The van der Waals surface area contributed by atoms with Gasteiger partial charge >= 0.3 is 0 Å². The smallest absolute Gasteiger partial charge is 0.263 e. The van der Waals surface area contributed by atoms with Crippen molar-refractivity contribution in [1.82, 2.24) is 14.9 Å². The number of hydrogen-bond donors (Lipinski definition) is 1. The van der Waals surface area contributed by atoms with Gasteiger partial charge in [0, 0.05) is 11.4 Å². The second kappa shape index (κ2) is 9.36. The van der Waals surface area contributed by atoms with Crippen molar-refractivity contribution in [3.8, 4) is 10.4 Å². The lowest BCUT2D eigenvalue weighted by Gasteiger charge is -2.14. The summed E-state index contributed by atoms with van der Waals surface area (Å²) >= 11 is 2.73. The molecule has 1 aromatic carbocycles. The van der Waals surface area contributed by atoms with E-state index in [1.807, 2.05) is 36.4 Å². The number of aromatic nitrogens is 2. The first kappa shape index (κ1) is 21.1. The SMILES string of the molecule is C=CCn1c(SC(C)C(=O)NCc2ccco2)nc2sc(-c3ccccc3)cc2c1=O. The second-order valence-corrected chi connectivity index (χ2v) is 9.19. The number of thiophene rings is 1. The van der Waals surface area contributed by atoms with Gasteiger partial charge in [-0.25, -0.2) is 4.98 Å². The van der Waals surface area contributed by atoms with Crippen LogP contribution in [-0.2, 0) is 17.9 Å². The first-order valence-electron chi connectivity index (χ1n) is 9.74. The molecule has 0 bridgehead atoms. The van der Waals surface area contributed by atoms with E-state index in [4.69, 9.17) is 9.40 Å². The third-order valence-corrected chi connectivity index (χ3v) is 6.82. The molecule has 0 fully saturated rings. The molecular weight excluding hydrogens is 430 g/mol. The molecule has 1 unspecified atom stereocenters. The van der Waals surface area contributed by atoms with Gasteiger partial charge in [0.25, 0.3) is 5.56 Å². The zero-order chi connectivity index (χ0) is 21.8. The molecule has 0 aliphatic heterocycles. The molecule has 0 radical (unpaired) electrons. The highest BCUT2D eigenvalue weighted by atomic mass is 32.2. The van der Waals surface area contributed by atoms with Crippen molar-refractivity contribution >= 4 is 39.2 Å². The molecule has 4 aromatic rings. The number of nitrogens with one attached hydrogen (secondary N) is 1. The lowest BCUT2D eigenvalue weighted by atomic mass is 10.2. The van der Waals surface area contributed by atoms with Crippen molar-refractivity contribution in [2.75, 3.05) is 0 Å². The summed E-state index contributed by atoms with van der Waals surface area (Å²) in [6.07, 6.45) is 3.22. The number of hydrogen-bond acceptors (Lipinski definition) is 6. The van der Waals surface area contributed by atoms with E-state index >= 15 is 0 Å². The first-order valence-corrected chi connectivity index (χ1v) is 11.4. The summed E-state index contributed by atoms with van der Waals surface area (Å²) in [7, 11) is 0. The van der Waals surface area contributed by atoms with Gasteiger partial charge in [-0.2, -0.15) is 0 Å². The number of carbonyl (C=O) groups excluding carboxylic acids is 1. The lowest BCUT2D eigenvalue weighted by Crippen LogP contribution is -2.31. The van der Waals surface area contributed by atoms with E-state index in [0.717, 1.165) is 10.4 Å². The van der Waals surface area contributed by atoms with Crippen LogP contribution in [0.4, 0.5) is 0 Å². The van der Waals surface area contributed by atoms with Crippen molar-refractivity contribution in [2.24, 2.45) is 0 Å². The highest BCUT2D eigenvalue weighted by molar-refractivity contribution is 8.00. The fraction of sp³-hybridized carbons (Fsp3) is 0.174. The topological polar surface area (TPSA) is 77.1 Å². The maximum atomic E-state index is 13.2. The summed E-state index contributed by atoms with van der Waals surface area (Å²) < 4.78 is 6.81. The predicted octanol–water partition coefficient (Wildman–Crippen LogP) is 4.70. The highest BCUT2D eigenvalue weighted by Gasteiger charge is 2.20. The average molecular weight is 452 g/mol. The third kappa shape index (κ3) is 4.65. The van der Waals surface area contributed by atoms with Crippen LogP contribution in [0.25, 0.3) is 20.7 Å². The Morgan fingerprint density at radius 1 is 1.32 bits per heavy atom. The number of allylic oxidation sites excluding steroid dienone is 1. The molecule has 1 N–H and O–H groups in total. The molecule has 0 saturated carbocycles. The van der Waals surface area contributed by atoms with Gasteiger partial charge in [0.1, 0.15) is 10.6 Å². The van der Waals surface area contributed by atoms with E-state index in [1.54, 1.807) is 36.0 Å². The number of nitrogens with zero attached hydrogens (tertiary/aromatic N) is 2. The van der Waals surface area contributed by atoms with Crippen LogP contribution in [0.1, 0.15) is 12.7 Å². The Morgan fingerprint density at radius 3 is 2.84 bits per heavy atom. The van der Waals surface area contributed by atoms with Crippen molar-refractivity contribution in [2.45, 2.75) is 30.4 Å². The van der Waals surface area contributed by atoms with E-state index in [9.17, 15) is 9.59 Å². The van der Waals surface area contributed by atoms with Crippen LogP contribution in [0.3, 0.4) is 0 Å². The molecule has 0 spiro atoms. The van der Waals surface area contributed by atoms with Crippen LogP contribution in [0, 0.1) is 0 Å². The number of fused-ring (bicyclic) bond motifs is 1. The fourth-order valence-corrected chi connectivity index (χ4v) is 5.09. The molecule has 158 valence electrons. The summed E-state index contributed by atoms with van der Waals surface area (Å²) in [5.74, 6) is 0.526. The van der Waals surface area contributed by atoms with E-state index in [0.29, 0.717) is 34.2 Å². The normalized spacial score (nSPS) is 12.0. The summed E-state index contributed by atoms with van der Waals surface area (Å²) in [4.78, 5) is 32.1. The Morgan fingerprint density at radius 2 is 2.13 bits per heavy atom. The second-order valence-electron chi connectivity index (χ2n) is 6.85. The summed E-state index contributed by atoms with van der Waals surface area (Å²) in [6.45, 7) is 6.19. The number of rotatable bonds is 8. The molecule has 0 saturated heterocycles. The van der Waals surface area contributed by atoms with Crippen molar-refractivity contribution < 1.29 is 9.21 Å². The van der Waals surface area contributed by atoms with Gasteiger partial charge in [-0.3, -0.25) is 14.2 Å². The number of benzene rings is 1. The van der Waals surface area contributed by atoms with Crippen molar-refractivity contribution in [1.29, 1.82) is 0 Å². The van der Waals surface area contributed by atoms with Crippen LogP contribution in [0.5, 0.6) is 0 Å². The quantitative estimate of drug-likeness (QED) is 0.239. The van der Waals surface area contributed by atoms with E-state index in [2.05, 4.69) is 11.9 Å². The van der Waals surface area contributed by atoms with Gasteiger partial charge in [0.2, 0.25) is 5.91 Å². The Kier molecular flexibility index (Phi) is 6.39. The van der Waals surface area contributed by atoms with Crippen LogP contribution >= 0.6 is 23.1 Å². The fourth-order valence-electron chi connectivity index (χ4n) is 3.06. The Balaban J connectivity index is 1.62. The zero-order valence-corrected chi connectivity index (χ0v) is 18.5. The molecule has 4 rings (SSSR count). The number of thioether (sulfide) groups is 1. The molecule has 1 amide bonds. The summed E-state index contributed by atoms with van der Waals surface area (Å²) in [5.41, 5.74) is 0.911. The minimum atomic E-state index is -0.441. The lowest BCUT2D eigenvalue weighted by molar-refractivity contribution is -0.120. The molecule has 31 heavy (non-hydrogen) atoms. The standard InChI is InChI=1S/C23H21N3O3S2/c1-3-11-26-22(28)18-13-19(16-8-5-4-6-9-16)31-21(18)25-23(26)30-15(2)20(27)24-14-17-10-7-12-29-17/h3-10,12-13,15H,1,11,14H2,2H3,(H,24,27). The maximum Gasteiger partial charge on any atom is 0.263 e. The summed E-state index contributed by atoms with van der Waals surface area (Å²) in [6, 6.07) is 15.4.